The fourth-order valence-electron chi connectivity index (χ4n) is 24.7. The van der Waals surface area contributed by atoms with Crippen molar-refractivity contribution in [2.45, 2.75) is 46.5 Å². The summed E-state index contributed by atoms with van der Waals surface area (Å²) < 4.78 is 0. The van der Waals surface area contributed by atoms with Crippen LogP contribution in [0.25, 0.3) is 0 Å². The molecular weight excluding hydrogens is 336 g/mol. The number of rotatable bonds is 0. The standard InChI is InChI=1S/C28H28/c1-19-8-4-13-12-5-10-11-7-15-16-18-17-14-6-9(8)22(14,19)28(17)25(13,19)21(3)20(2)23(10,12)24(11,15)26(16,20)27(18,21)28/h8-18H,4-7H2,1-3H3/t8?,9-,10-,11+,12+,13-,14+,15-,16+,17+,18+,19-,20+,21-,22?,23?,24?,25?,26?,27?,28?/m1/s1. The molecule has 0 aliphatic heterocycles. The van der Waals surface area contributed by atoms with E-state index in [1.54, 1.807) is 25.7 Å². The molecule has 15 rings (SSSR count). The summed E-state index contributed by atoms with van der Waals surface area (Å²) in [6, 6.07) is 0. The van der Waals surface area contributed by atoms with E-state index in [2.05, 4.69) is 20.8 Å². The molecule has 0 aromatic carbocycles. The molecule has 0 heterocycles. The highest BCUT2D eigenvalue weighted by Gasteiger charge is 3.39. The van der Waals surface area contributed by atoms with Crippen LogP contribution < -0.4 is 0 Å². The Balaban J connectivity index is 1.24. The molecule has 0 N–H and O–H groups in total. The van der Waals surface area contributed by atoms with Crippen molar-refractivity contribution in [2.75, 3.05) is 0 Å². The van der Waals surface area contributed by atoms with Gasteiger partial charge in [0.2, 0.25) is 0 Å². The molecule has 140 valence electrons. The largest absolute Gasteiger partial charge is 0.0582 e. The Hall–Kier alpha value is 0. The van der Waals surface area contributed by atoms with Crippen molar-refractivity contribution in [3.8, 4) is 0 Å². The molecule has 15 fully saturated rings. The van der Waals surface area contributed by atoms with Crippen LogP contribution >= 0.6 is 0 Å². The van der Waals surface area contributed by atoms with Gasteiger partial charge in [-0.05, 0) is 145 Å². The number of hydrogen-bond donors (Lipinski definition) is 0. The van der Waals surface area contributed by atoms with Gasteiger partial charge in [0.25, 0.3) is 0 Å². The predicted octanol–water partition coefficient (Wildman–Crippen LogP) is 4.45. The molecule has 0 radical (unpaired) electrons. The van der Waals surface area contributed by atoms with E-state index in [1.807, 2.05) is 0 Å². The molecule has 21 atom stereocenters. The summed E-state index contributed by atoms with van der Waals surface area (Å²) in [6.07, 6.45) is 6.95. The molecule has 0 saturated heterocycles. The number of fused-ring (bicyclic) bond motifs is 7. The lowest BCUT2D eigenvalue weighted by molar-refractivity contribution is -0.932. The quantitative estimate of drug-likeness (QED) is 0.596. The lowest BCUT2D eigenvalue weighted by Gasteiger charge is -3.38. The van der Waals surface area contributed by atoms with Crippen molar-refractivity contribution < 1.29 is 0 Å². The smallest absolute Gasteiger partial charge is 0.00547 e. The highest BCUT2D eigenvalue weighted by Crippen LogP contribution is 3.41. The first-order valence-electron chi connectivity index (χ1n) is 13.5. The third-order valence-electron chi connectivity index (χ3n) is 21.2. The average molecular weight is 365 g/mol. The van der Waals surface area contributed by atoms with Gasteiger partial charge in [-0.1, -0.05) is 20.8 Å². The van der Waals surface area contributed by atoms with E-state index in [9.17, 15) is 0 Å². The van der Waals surface area contributed by atoms with Gasteiger partial charge in [0.1, 0.15) is 0 Å². The summed E-state index contributed by atoms with van der Waals surface area (Å²) in [5, 5.41) is 0. The van der Waals surface area contributed by atoms with Gasteiger partial charge in [0.05, 0.1) is 0 Å². The lowest BCUT2D eigenvalue weighted by atomic mass is 8.64. The lowest BCUT2D eigenvalue weighted by Crippen LogP contribution is -3.36. The third kappa shape index (κ3) is 0.315. The van der Waals surface area contributed by atoms with Crippen molar-refractivity contribution in [3.63, 3.8) is 0 Å². The molecule has 8 unspecified atom stereocenters. The Morgan fingerprint density at radius 1 is 0.429 bits per heavy atom. The monoisotopic (exact) mass is 364 g/mol. The maximum atomic E-state index is 3.03. The summed E-state index contributed by atoms with van der Waals surface area (Å²) in [7, 11) is 0. The maximum absolute atomic E-state index is 3.03. The van der Waals surface area contributed by atoms with Crippen LogP contribution in [0.1, 0.15) is 46.5 Å². The van der Waals surface area contributed by atoms with Crippen LogP contribution in [0.2, 0.25) is 0 Å². The summed E-state index contributed by atoms with van der Waals surface area (Å²) in [5.74, 6) is 13.9. The molecule has 0 aromatic heterocycles. The third-order valence-corrected chi connectivity index (χ3v) is 21.2. The molecule has 0 bridgehead atoms. The Morgan fingerprint density at radius 2 is 1.04 bits per heavy atom. The first-order valence-corrected chi connectivity index (χ1v) is 13.5. The van der Waals surface area contributed by atoms with Gasteiger partial charge in [-0.25, -0.2) is 0 Å². The van der Waals surface area contributed by atoms with Crippen LogP contribution in [0.5, 0.6) is 0 Å². The first kappa shape index (κ1) is 11.6. The molecular formula is C28H28. The molecule has 7 spiro atoms. The Kier molecular flexibility index (Phi) is 0.802. The summed E-state index contributed by atoms with van der Waals surface area (Å²) in [5.41, 5.74) is 9.33. The van der Waals surface area contributed by atoms with E-state index >= 15 is 0 Å². The van der Waals surface area contributed by atoms with Gasteiger partial charge < -0.3 is 0 Å². The van der Waals surface area contributed by atoms with Crippen molar-refractivity contribution in [3.05, 3.63) is 0 Å². The Bertz CT molecular complexity index is 1270. The fourth-order valence-corrected chi connectivity index (χ4v) is 24.7. The molecule has 15 saturated carbocycles. The van der Waals surface area contributed by atoms with Crippen LogP contribution in [0.15, 0.2) is 0 Å². The highest BCUT2D eigenvalue weighted by atomic mass is 15.4. The van der Waals surface area contributed by atoms with E-state index in [1.165, 1.54) is 65.1 Å². The highest BCUT2D eigenvalue weighted by molar-refractivity contribution is 5.84. The van der Waals surface area contributed by atoms with Gasteiger partial charge >= 0.3 is 0 Å². The summed E-state index contributed by atoms with van der Waals surface area (Å²) >= 11 is 0. The zero-order chi connectivity index (χ0) is 17.2. The van der Waals surface area contributed by atoms with Gasteiger partial charge in [0, 0.05) is 0 Å². The zero-order valence-electron chi connectivity index (χ0n) is 17.2. The minimum atomic E-state index is 0.835. The molecule has 0 aromatic rings. The van der Waals surface area contributed by atoms with E-state index in [-0.39, 0.29) is 0 Å². The van der Waals surface area contributed by atoms with E-state index in [0.29, 0.717) is 0 Å². The first-order chi connectivity index (χ1) is 13.5. The second-order valence-electron chi connectivity index (χ2n) is 16.7. The summed E-state index contributed by atoms with van der Waals surface area (Å²) in [6.45, 7) is 9.00. The van der Waals surface area contributed by atoms with Crippen molar-refractivity contribution in [1.82, 2.24) is 0 Å². The molecule has 15 aliphatic rings. The second kappa shape index (κ2) is 1.94. The van der Waals surface area contributed by atoms with Crippen LogP contribution in [-0.2, 0) is 0 Å². The van der Waals surface area contributed by atoms with E-state index in [0.717, 1.165) is 54.1 Å². The van der Waals surface area contributed by atoms with Crippen molar-refractivity contribution in [1.29, 1.82) is 0 Å². The van der Waals surface area contributed by atoms with Crippen LogP contribution in [0, 0.1) is 119 Å². The Morgan fingerprint density at radius 3 is 1.89 bits per heavy atom. The zero-order valence-corrected chi connectivity index (χ0v) is 17.2. The van der Waals surface area contributed by atoms with Crippen molar-refractivity contribution in [2.24, 2.45) is 119 Å². The van der Waals surface area contributed by atoms with Gasteiger partial charge in [-0.2, -0.15) is 0 Å². The van der Waals surface area contributed by atoms with Crippen LogP contribution in [-0.4, -0.2) is 0 Å². The second-order valence-corrected chi connectivity index (χ2v) is 16.7. The Labute approximate surface area is 166 Å². The minimum absolute atomic E-state index is 0.835. The summed E-state index contributed by atoms with van der Waals surface area (Å²) in [4.78, 5) is 0. The average Bonchev–Trinajstić information content (AvgIpc) is 2.75. The molecule has 0 nitrogen and oxygen atoms in total. The van der Waals surface area contributed by atoms with Crippen LogP contribution in [0.4, 0.5) is 0 Å². The maximum Gasteiger partial charge on any atom is -0.00547 e. The SMILES string of the molecule is C[C@@]12C3C[C@@H]4[C@@H]5C[C@@H]6[C@@H]7C[C@@H]8[C@H]9[C@H]%10[C@@H]%11[C@@H]%12C[C@H]3C%121C%111C%103C9%10C87C65[C@]%10(C)[C@]3(C)C412. The minimum Gasteiger partial charge on any atom is -0.0582 e. The van der Waals surface area contributed by atoms with Gasteiger partial charge in [-0.15, -0.1) is 0 Å². The fraction of sp³-hybridized carbons (Fsp3) is 1.00. The van der Waals surface area contributed by atoms with Gasteiger partial charge in [-0.3, -0.25) is 0 Å². The molecule has 15 aliphatic carbocycles. The predicted molar refractivity (Wildman–Crippen MR) is 98.2 cm³/mol. The van der Waals surface area contributed by atoms with Gasteiger partial charge in [0.15, 0.2) is 0 Å². The van der Waals surface area contributed by atoms with Crippen LogP contribution in [0.3, 0.4) is 0 Å². The number of hydrogen-bond acceptors (Lipinski definition) is 0. The topological polar surface area (TPSA) is 0 Å². The molecule has 28 heavy (non-hydrogen) atoms. The van der Waals surface area contributed by atoms with Crippen molar-refractivity contribution >= 4 is 0 Å². The molecule has 0 heteroatoms. The van der Waals surface area contributed by atoms with E-state index < -0.39 is 0 Å². The normalized spacial score (nSPS) is 115. The van der Waals surface area contributed by atoms with E-state index in [4.69, 9.17) is 0 Å². The molecule has 0 amide bonds.